The lowest BCUT2D eigenvalue weighted by molar-refractivity contribution is 0.293. The normalized spacial score (nSPS) is 30.9. The number of hydrogen-bond donors (Lipinski definition) is 0. The van der Waals surface area contributed by atoms with E-state index in [0.717, 1.165) is 49.4 Å². The van der Waals surface area contributed by atoms with Gasteiger partial charge in [0.15, 0.2) is 11.6 Å². The van der Waals surface area contributed by atoms with Gasteiger partial charge in [-0.3, -0.25) is 0 Å². The molecular weight excluding hydrogens is 378 g/mol. The molecule has 2 saturated carbocycles. The lowest BCUT2D eigenvalue weighted by Gasteiger charge is -2.30. The van der Waals surface area contributed by atoms with Crippen molar-refractivity contribution in [2.45, 2.75) is 90.4 Å². The van der Waals surface area contributed by atoms with E-state index in [4.69, 9.17) is 4.74 Å². The van der Waals surface area contributed by atoms with Crippen LogP contribution in [0.5, 0.6) is 5.75 Å². The Hall–Kier alpha value is -1.38. The van der Waals surface area contributed by atoms with Gasteiger partial charge in [0, 0.05) is 0 Å². The Morgan fingerprint density at radius 2 is 1.73 bits per heavy atom. The van der Waals surface area contributed by atoms with Crippen molar-refractivity contribution in [3.8, 4) is 5.75 Å². The van der Waals surface area contributed by atoms with E-state index in [1.165, 1.54) is 44.9 Å². The summed E-state index contributed by atoms with van der Waals surface area (Å²) in [6.45, 7) is 4.45. The van der Waals surface area contributed by atoms with Crippen molar-refractivity contribution in [2.75, 3.05) is 6.61 Å². The van der Waals surface area contributed by atoms with Gasteiger partial charge >= 0.3 is 0 Å². The van der Waals surface area contributed by atoms with Crippen LogP contribution in [-0.4, -0.2) is 6.61 Å². The van der Waals surface area contributed by atoms with Gasteiger partial charge < -0.3 is 4.74 Å². The highest BCUT2D eigenvalue weighted by Crippen LogP contribution is 2.51. The molecule has 3 atom stereocenters. The molecule has 0 N–H and O–H groups in total. The number of rotatable bonds is 8. The zero-order valence-corrected chi connectivity index (χ0v) is 18.8. The van der Waals surface area contributed by atoms with Gasteiger partial charge in [0.2, 0.25) is 5.82 Å². The van der Waals surface area contributed by atoms with Gasteiger partial charge in [-0.1, -0.05) is 37.5 Å². The first-order valence-corrected chi connectivity index (χ1v) is 12.4. The third kappa shape index (κ3) is 4.46. The van der Waals surface area contributed by atoms with Crippen LogP contribution in [0.15, 0.2) is 23.8 Å². The number of ether oxygens (including phenoxy) is 1. The molecule has 0 saturated heterocycles. The van der Waals surface area contributed by atoms with E-state index in [2.05, 4.69) is 13.0 Å². The lowest BCUT2D eigenvalue weighted by Crippen LogP contribution is -2.16. The molecule has 3 aliphatic rings. The second-order valence-electron chi connectivity index (χ2n) is 9.88. The molecule has 1 aromatic rings. The van der Waals surface area contributed by atoms with Crippen molar-refractivity contribution < 1.29 is 13.5 Å². The fourth-order valence-electron chi connectivity index (χ4n) is 6.68. The summed E-state index contributed by atoms with van der Waals surface area (Å²) in [5.41, 5.74) is 2.30. The number of fused-ring (bicyclic) bond motifs is 1. The Balaban J connectivity index is 1.26. The van der Waals surface area contributed by atoms with E-state index in [9.17, 15) is 8.78 Å². The van der Waals surface area contributed by atoms with Crippen LogP contribution in [0.2, 0.25) is 0 Å². The van der Waals surface area contributed by atoms with Crippen LogP contribution in [0.1, 0.15) is 96.0 Å². The number of allylic oxidation sites excluding steroid dienone is 2. The van der Waals surface area contributed by atoms with Crippen molar-refractivity contribution >= 4 is 0 Å². The van der Waals surface area contributed by atoms with Crippen LogP contribution in [0, 0.1) is 35.3 Å². The maximum absolute atomic E-state index is 14.6. The SMILES string of the molecule is CCCC1CCC2C(CCC3CCC(c4ccc(OCC)c(F)c4F)CC3)=CCC12. The van der Waals surface area contributed by atoms with Crippen LogP contribution >= 0.6 is 0 Å². The quantitative estimate of drug-likeness (QED) is 0.388. The second kappa shape index (κ2) is 9.83. The highest BCUT2D eigenvalue weighted by Gasteiger charge is 2.39. The topological polar surface area (TPSA) is 9.23 Å². The van der Waals surface area contributed by atoms with Crippen LogP contribution in [-0.2, 0) is 0 Å². The first kappa shape index (κ1) is 21.8. The summed E-state index contributed by atoms with van der Waals surface area (Å²) in [4.78, 5) is 0. The highest BCUT2D eigenvalue weighted by molar-refractivity contribution is 5.33. The molecule has 1 nitrogen and oxygen atoms in total. The molecule has 3 heteroatoms. The Kier molecular flexibility index (Phi) is 7.16. The molecule has 0 amide bonds. The van der Waals surface area contributed by atoms with Crippen molar-refractivity contribution in [3.63, 3.8) is 0 Å². The predicted octanol–water partition coefficient (Wildman–Crippen LogP) is 8.19. The Morgan fingerprint density at radius 1 is 0.933 bits per heavy atom. The summed E-state index contributed by atoms with van der Waals surface area (Å²) >= 11 is 0. The molecule has 0 heterocycles. The van der Waals surface area contributed by atoms with E-state index < -0.39 is 11.6 Å². The molecular formula is C27H38F2O. The maximum atomic E-state index is 14.6. The number of hydrogen-bond acceptors (Lipinski definition) is 1. The largest absolute Gasteiger partial charge is 0.491 e. The number of benzene rings is 1. The van der Waals surface area contributed by atoms with Crippen LogP contribution in [0.25, 0.3) is 0 Å². The molecule has 30 heavy (non-hydrogen) atoms. The molecule has 0 spiro atoms. The highest BCUT2D eigenvalue weighted by atomic mass is 19.2. The first-order chi connectivity index (χ1) is 14.6. The third-order valence-corrected chi connectivity index (χ3v) is 8.26. The van der Waals surface area contributed by atoms with Crippen molar-refractivity contribution in [3.05, 3.63) is 41.0 Å². The van der Waals surface area contributed by atoms with Crippen LogP contribution in [0.4, 0.5) is 8.78 Å². The Labute approximate surface area is 181 Å². The zero-order valence-electron chi connectivity index (χ0n) is 18.8. The maximum Gasteiger partial charge on any atom is 0.200 e. The molecule has 2 fully saturated rings. The smallest absolute Gasteiger partial charge is 0.200 e. The molecule has 0 bridgehead atoms. The van der Waals surface area contributed by atoms with Crippen molar-refractivity contribution in [1.82, 2.24) is 0 Å². The fraction of sp³-hybridized carbons (Fsp3) is 0.704. The molecule has 0 aliphatic heterocycles. The molecule has 0 aromatic heterocycles. The van der Waals surface area contributed by atoms with E-state index >= 15 is 0 Å². The minimum atomic E-state index is -0.822. The summed E-state index contributed by atoms with van der Waals surface area (Å²) < 4.78 is 34.0. The summed E-state index contributed by atoms with van der Waals surface area (Å²) in [7, 11) is 0. The van der Waals surface area contributed by atoms with Gasteiger partial charge in [-0.2, -0.15) is 4.39 Å². The van der Waals surface area contributed by atoms with Crippen LogP contribution in [0.3, 0.4) is 0 Å². The molecule has 1 aromatic carbocycles. The van der Waals surface area contributed by atoms with Gasteiger partial charge in [-0.25, -0.2) is 4.39 Å². The van der Waals surface area contributed by atoms with Gasteiger partial charge in [-0.15, -0.1) is 0 Å². The minimum absolute atomic E-state index is 0.0312. The van der Waals surface area contributed by atoms with E-state index in [-0.39, 0.29) is 11.7 Å². The Morgan fingerprint density at radius 3 is 2.47 bits per heavy atom. The third-order valence-electron chi connectivity index (χ3n) is 8.26. The summed E-state index contributed by atoms with van der Waals surface area (Å²) in [5, 5.41) is 0. The van der Waals surface area contributed by atoms with Gasteiger partial charge in [-0.05, 0) is 106 Å². The molecule has 4 rings (SSSR count). The molecule has 3 unspecified atom stereocenters. The van der Waals surface area contributed by atoms with Gasteiger partial charge in [0.1, 0.15) is 0 Å². The number of halogens is 2. The van der Waals surface area contributed by atoms with E-state index in [1.807, 2.05) is 0 Å². The minimum Gasteiger partial charge on any atom is -0.491 e. The first-order valence-electron chi connectivity index (χ1n) is 12.4. The van der Waals surface area contributed by atoms with Crippen molar-refractivity contribution in [1.29, 1.82) is 0 Å². The molecule has 166 valence electrons. The fourth-order valence-corrected chi connectivity index (χ4v) is 6.68. The van der Waals surface area contributed by atoms with E-state index in [0.29, 0.717) is 12.2 Å². The van der Waals surface area contributed by atoms with Gasteiger partial charge in [0.25, 0.3) is 0 Å². The Bertz CT molecular complexity index is 747. The monoisotopic (exact) mass is 416 g/mol. The average Bonchev–Trinajstić information content (AvgIpc) is 3.34. The predicted molar refractivity (Wildman–Crippen MR) is 119 cm³/mol. The average molecular weight is 417 g/mol. The van der Waals surface area contributed by atoms with Gasteiger partial charge in [0.05, 0.1) is 6.61 Å². The molecule has 0 radical (unpaired) electrons. The summed E-state index contributed by atoms with van der Waals surface area (Å²) in [6, 6.07) is 3.34. The van der Waals surface area contributed by atoms with Crippen LogP contribution < -0.4 is 4.74 Å². The second-order valence-corrected chi connectivity index (χ2v) is 9.88. The van der Waals surface area contributed by atoms with E-state index in [1.54, 1.807) is 24.6 Å². The molecule has 3 aliphatic carbocycles. The lowest BCUT2D eigenvalue weighted by atomic mass is 9.76. The summed E-state index contributed by atoms with van der Waals surface area (Å²) in [5.74, 6) is 2.17. The summed E-state index contributed by atoms with van der Waals surface area (Å²) in [6.07, 6.45) is 16.2. The zero-order chi connectivity index (χ0) is 21.1. The standard InChI is InChI=1S/C27H38F2O/c1-3-5-19-12-14-23-20(13-15-22(19)23)9-6-18-7-10-21(11-8-18)24-16-17-25(30-4-2)27(29)26(24)28/h13,16-19,21-23H,3-12,14-15H2,1-2H3. The van der Waals surface area contributed by atoms with Crippen molar-refractivity contribution in [2.24, 2.45) is 23.7 Å².